The molecule has 1 N–H and O–H groups in total. The lowest BCUT2D eigenvalue weighted by Gasteiger charge is -2.47. The van der Waals surface area contributed by atoms with Gasteiger partial charge in [0.1, 0.15) is 0 Å². The summed E-state index contributed by atoms with van der Waals surface area (Å²) in [6.45, 7) is 0. The maximum absolute atomic E-state index is 3.96. The van der Waals surface area contributed by atoms with Gasteiger partial charge in [0, 0.05) is 12.1 Å². The largest absolute Gasteiger partial charge is 0.311 e. The van der Waals surface area contributed by atoms with E-state index in [-0.39, 0.29) is 0 Å². The molecule has 3 aliphatic rings. The molecule has 80 valence electrons. The molecule has 0 bridgehead atoms. The first-order valence-electron chi connectivity index (χ1n) is 6.69. The van der Waals surface area contributed by atoms with Crippen LogP contribution < -0.4 is 5.32 Å². The Hall–Kier alpha value is -0.0400. The lowest BCUT2D eigenvalue weighted by Crippen LogP contribution is -2.54. The fourth-order valence-corrected chi connectivity index (χ4v) is 4.08. The molecule has 2 aliphatic carbocycles. The van der Waals surface area contributed by atoms with E-state index in [0.29, 0.717) is 0 Å². The monoisotopic (exact) mass is 193 g/mol. The quantitative estimate of drug-likeness (QED) is 0.623. The molecule has 0 aromatic rings. The van der Waals surface area contributed by atoms with Gasteiger partial charge in [-0.15, -0.1) is 0 Å². The van der Waals surface area contributed by atoms with Crippen LogP contribution in [0.15, 0.2) is 0 Å². The Morgan fingerprint density at radius 1 is 0.643 bits per heavy atom. The van der Waals surface area contributed by atoms with Crippen molar-refractivity contribution >= 4 is 0 Å². The molecule has 3 fully saturated rings. The Labute approximate surface area is 87.7 Å². The van der Waals surface area contributed by atoms with Crippen molar-refractivity contribution in [2.45, 2.75) is 69.9 Å². The lowest BCUT2D eigenvalue weighted by molar-refractivity contribution is 0.0955. The number of rotatable bonds is 0. The second-order valence-electron chi connectivity index (χ2n) is 5.70. The number of hydrogen-bond acceptors (Lipinski definition) is 1. The van der Waals surface area contributed by atoms with Gasteiger partial charge < -0.3 is 5.32 Å². The summed E-state index contributed by atoms with van der Waals surface area (Å²) in [7, 11) is 0. The fraction of sp³-hybridized carbons (Fsp3) is 1.00. The second-order valence-corrected chi connectivity index (χ2v) is 5.70. The van der Waals surface area contributed by atoms with Gasteiger partial charge in [0.25, 0.3) is 0 Å². The van der Waals surface area contributed by atoms with E-state index in [9.17, 15) is 0 Å². The second kappa shape index (κ2) is 3.84. The molecule has 1 aliphatic heterocycles. The van der Waals surface area contributed by atoms with Gasteiger partial charge in [0.2, 0.25) is 0 Å². The van der Waals surface area contributed by atoms with Crippen LogP contribution in [0.1, 0.15) is 57.8 Å². The molecular formula is C13H23N. The van der Waals surface area contributed by atoms with Crippen molar-refractivity contribution in [1.82, 2.24) is 5.32 Å². The van der Waals surface area contributed by atoms with Crippen molar-refractivity contribution in [3.05, 3.63) is 0 Å². The minimum absolute atomic E-state index is 0.906. The Balaban J connectivity index is 1.68. The molecule has 0 radical (unpaired) electrons. The standard InChI is InChI=1S/C13H23N/c1-3-7-12-10(5-1)9-11-6-2-4-8-13(11)14-12/h10-14H,1-9H2/t10-,11-,12-,13-/m1/s1. The summed E-state index contributed by atoms with van der Waals surface area (Å²) in [5, 5.41) is 3.96. The van der Waals surface area contributed by atoms with Gasteiger partial charge in [-0.25, -0.2) is 0 Å². The van der Waals surface area contributed by atoms with E-state index in [2.05, 4.69) is 5.32 Å². The van der Waals surface area contributed by atoms with Crippen LogP contribution >= 0.6 is 0 Å². The Morgan fingerprint density at radius 2 is 1.14 bits per heavy atom. The predicted octanol–water partition coefficient (Wildman–Crippen LogP) is 3.10. The number of piperidine rings is 1. The molecule has 4 atom stereocenters. The van der Waals surface area contributed by atoms with Crippen molar-refractivity contribution in [2.75, 3.05) is 0 Å². The van der Waals surface area contributed by atoms with Crippen LogP contribution in [0.2, 0.25) is 0 Å². The van der Waals surface area contributed by atoms with Crippen LogP contribution in [0.4, 0.5) is 0 Å². The van der Waals surface area contributed by atoms with Crippen LogP contribution in [0, 0.1) is 11.8 Å². The van der Waals surface area contributed by atoms with Crippen molar-refractivity contribution in [1.29, 1.82) is 0 Å². The summed E-state index contributed by atoms with van der Waals surface area (Å²) < 4.78 is 0. The van der Waals surface area contributed by atoms with Crippen molar-refractivity contribution in [3.8, 4) is 0 Å². The van der Waals surface area contributed by atoms with E-state index >= 15 is 0 Å². The average Bonchev–Trinajstić information content (AvgIpc) is 2.26. The van der Waals surface area contributed by atoms with Crippen molar-refractivity contribution in [2.24, 2.45) is 11.8 Å². The molecule has 0 aromatic heterocycles. The van der Waals surface area contributed by atoms with Crippen LogP contribution in [0.5, 0.6) is 0 Å². The molecule has 0 spiro atoms. The molecule has 0 amide bonds. The summed E-state index contributed by atoms with van der Waals surface area (Å²) in [5.41, 5.74) is 0. The molecular weight excluding hydrogens is 170 g/mol. The van der Waals surface area contributed by atoms with E-state index < -0.39 is 0 Å². The fourth-order valence-electron chi connectivity index (χ4n) is 4.08. The van der Waals surface area contributed by atoms with Gasteiger partial charge in [-0.05, 0) is 43.9 Å². The van der Waals surface area contributed by atoms with E-state index in [1.807, 2.05) is 0 Å². The zero-order valence-corrected chi connectivity index (χ0v) is 9.17. The molecule has 1 nitrogen and oxygen atoms in total. The molecule has 1 saturated heterocycles. The van der Waals surface area contributed by atoms with Gasteiger partial charge in [0.15, 0.2) is 0 Å². The maximum atomic E-state index is 3.96. The number of nitrogens with one attached hydrogen (secondary N) is 1. The third-order valence-corrected chi connectivity index (χ3v) is 4.85. The third kappa shape index (κ3) is 1.60. The highest BCUT2D eigenvalue weighted by molar-refractivity contribution is 4.95. The summed E-state index contributed by atoms with van der Waals surface area (Å²) >= 11 is 0. The molecule has 2 saturated carbocycles. The highest BCUT2D eigenvalue weighted by Crippen LogP contribution is 2.40. The van der Waals surface area contributed by atoms with Crippen LogP contribution in [0.25, 0.3) is 0 Å². The summed E-state index contributed by atoms with van der Waals surface area (Å²) in [5.74, 6) is 2.09. The minimum Gasteiger partial charge on any atom is -0.311 e. The van der Waals surface area contributed by atoms with Gasteiger partial charge in [0.05, 0.1) is 0 Å². The Bertz CT molecular complexity index is 159. The Morgan fingerprint density at radius 3 is 1.71 bits per heavy atom. The zero-order valence-electron chi connectivity index (χ0n) is 9.17. The first-order valence-corrected chi connectivity index (χ1v) is 6.69. The smallest absolute Gasteiger partial charge is 0.00981 e. The minimum atomic E-state index is 0.906. The maximum Gasteiger partial charge on any atom is 0.00981 e. The first kappa shape index (κ1) is 9.21. The number of fused-ring (bicyclic) bond motifs is 2. The summed E-state index contributed by atoms with van der Waals surface area (Å²) in [6.07, 6.45) is 13.5. The van der Waals surface area contributed by atoms with Crippen molar-refractivity contribution in [3.63, 3.8) is 0 Å². The van der Waals surface area contributed by atoms with Gasteiger partial charge in [-0.3, -0.25) is 0 Å². The topological polar surface area (TPSA) is 12.0 Å². The zero-order chi connectivity index (χ0) is 9.38. The Kier molecular flexibility index (Phi) is 2.53. The average molecular weight is 193 g/mol. The van der Waals surface area contributed by atoms with Crippen LogP contribution in [-0.4, -0.2) is 12.1 Å². The summed E-state index contributed by atoms with van der Waals surface area (Å²) in [4.78, 5) is 0. The summed E-state index contributed by atoms with van der Waals surface area (Å²) in [6, 6.07) is 1.81. The van der Waals surface area contributed by atoms with E-state index in [0.717, 1.165) is 23.9 Å². The van der Waals surface area contributed by atoms with Crippen LogP contribution in [0.3, 0.4) is 0 Å². The number of hydrogen-bond donors (Lipinski definition) is 1. The molecule has 3 rings (SSSR count). The molecule has 1 heterocycles. The van der Waals surface area contributed by atoms with Gasteiger partial charge in [-0.1, -0.05) is 25.7 Å². The molecule has 14 heavy (non-hydrogen) atoms. The third-order valence-electron chi connectivity index (χ3n) is 4.85. The molecule has 1 heteroatoms. The highest BCUT2D eigenvalue weighted by Gasteiger charge is 2.38. The van der Waals surface area contributed by atoms with Gasteiger partial charge in [-0.2, -0.15) is 0 Å². The van der Waals surface area contributed by atoms with E-state index in [4.69, 9.17) is 0 Å². The predicted molar refractivity (Wildman–Crippen MR) is 59.2 cm³/mol. The van der Waals surface area contributed by atoms with Gasteiger partial charge >= 0.3 is 0 Å². The molecule has 0 aromatic carbocycles. The normalized spacial score (nSPS) is 48.0. The SMILES string of the molecule is C1CC[C@H]2N[C@@H]3CCCC[C@@H]3C[C@H]2C1. The van der Waals surface area contributed by atoms with Crippen molar-refractivity contribution < 1.29 is 0 Å². The highest BCUT2D eigenvalue weighted by atomic mass is 15.0. The van der Waals surface area contributed by atoms with Crippen LogP contribution in [-0.2, 0) is 0 Å². The lowest BCUT2D eigenvalue weighted by atomic mass is 9.69. The van der Waals surface area contributed by atoms with E-state index in [1.165, 1.54) is 51.4 Å². The first-order chi connectivity index (χ1) is 6.93. The van der Waals surface area contributed by atoms with E-state index in [1.54, 1.807) is 6.42 Å². The molecule has 0 unspecified atom stereocenters.